The molecular weight excluding hydrogens is 560 g/mol. The standard InChI is InChI=1S/C42H24N4/c1-2-7-25(8-3-1)36-21-43-22-38(46-36)37-24-44-35(23-45-37)30-19-29-18-17-28-10-5-13-32-31-12-4-9-26-15-16-27-11-6-14-33(41(27)39(26)31)34(20-30)42(29)40(28)32/h1-24H. The molecule has 212 valence electrons. The summed E-state index contributed by atoms with van der Waals surface area (Å²) in [5, 5.41) is 15.1. The first-order valence-electron chi connectivity index (χ1n) is 15.5. The Morgan fingerprint density at radius 3 is 1.50 bits per heavy atom. The second-order valence-corrected chi connectivity index (χ2v) is 11.9. The summed E-state index contributed by atoms with van der Waals surface area (Å²) in [6, 6.07) is 43.7. The van der Waals surface area contributed by atoms with Crippen molar-refractivity contribution in [3.05, 3.63) is 146 Å². The van der Waals surface area contributed by atoms with Gasteiger partial charge in [-0.2, -0.15) is 0 Å². The minimum atomic E-state index is 0.688. The van der Waals surface area contributed by atoms with Crippen LogP contribution in [0.4, 0.5) is 0 Å². The molecule has 2 aromatic heterocycles. The van der Waals surface area contributed by atoms with Gasteiger partial charge in [-0.1, -0.05) is 109 Å². The molecule has 2 heterocycles. The maximum absolute atomic E-state index is 4.92. The van der Waals surface area contributed by atoms with Crippen molar-refractivity contribution in [2.24, 2.45) is 0 Å². The zero-order valence-electron chi connectivity index (χ0n) is 24.6. The Kier molecular flexibility index (Phi) is 5.25. The van der Waals surface area contributed by atoms with Crippen LogP contribution >= 0.6 is 0 Å². The van der Waals surface area contributed by atoms with E-state index in [-0.39, 0.29) is 0 Å². The maximum atomic E-state index is 4.92. The molecule has 0 radical (unpaired) electrons. The van der Waals surface area contributed by atoms with Gasteiger partial charge in [0.1, 0.15) is 11.4 Å². The summed E-state index contributed by atoms with van der Waals surface area (Å²) >= 11 is 0. The van der Waals surface area contributed by atoms with E-state index in [2.05, 4.69) is 96.0 Å². The summed E-state index contributed by atoms with van der Waals surface area (Å²) in [4.78, 5) is 19.0. The Morgan fingerprint density at radius 2 is 0.870 bits per heavy atom. The van der Waals surface area contributed by atoms with Crippen LogP contribution in [-0.4, -0.2) is 19.9 Å². The van der Waals surface area contributed by atoms with Crippen LogP contribution in [0.2, 0.25) is 0 Å². The Balaban J connectivity index is 1.24. The molecule has 0 unspecified atom stereocenters. The highest BCUT2D eigenvalue weighted by atomic mass is 14.9. The number of fused-ring (bicyclic) bond motifs is 2. The number of hydrogen-bond acceptors (Lipinski definition) is 4. The lowest BCUT2D eigenvalue weighted by Crippen LogP contribution is -1.94. The SMILES string of the molecule is c1ccc(-c2cncc(-c3cnc(-c4cc5ccc6cccc7c8cccc9ccc%10cccc(c(c4)c5c67)c%10c98)cn3)n2)cc1. The molecule has 4 heteroatoms. The summed E-state index contributed by atoms with van der Waals surface area (Å²) in [5.74, 6) is 0. The third kappa shape index (κ3) is 3.67. The first-order chi connectivity index (χ1) is 22.8. The summed E-state index contributed by atoms with van der Waals surface area (Å²) in [6.07, 6.45) is 7.18. The quantitative estimate of drug-likeness (QED) is 0.194. The Morgan fingerprint density at radius 1 is 0.326 bits per heavy atom. The molecule has 0 N–H and O–H groups in total. The summed E-state index contributed by atoms with van der Waals surface area (Å²) < 4.78 is 0. The lowest BCUT2D eigenvalue weighted by atomic mass is 9.87. The molecule has 0 bridgehead atoms. The molecule has 0 saturated heterocycles. The molecule has 0 aliphatic heterocycles. The van der Waals surface area contributed by atoms with E-state index in [0.29, 0.717) is 11.4 Å². The number of nitrogens with zero attached hydrogens (tertiary/aromatic N) is 4. The zero-order valence-corrected chi connectivity index (χ0v) is 24.6. The number of aromatic nitrogens is 4. The number of benzene rings is 7. The van der Waals surface area contributed by atoms with Gasteiger partial charge in [0.25, 0.3) is 0 Å². The predicted octanol–water partition coefficient (Wildman–Crippen LogP) is 10.6. The normalized spacial score (nSPS) is 11.9. The third-order valence-corrected chi connectivity index (χ3v) is 9.34. The fourth-order valence-corrected chi connectivity index (χ4v) is 7.28. The molecule has 8 aromatic carbocycles. The van der Waals surface area contributed by atoms with Crippen molar-refractivity contribution in [3.8, 4) is 33.9 Å². The molecule has 0 aliphatic carbocycles. The van der Waals surface area contributed by atoms with E-state index in [1.165, 1.54) is 64.6 Å². The Bertz CT molecular complexity index is 2780. The van der Waals surface area contributed by atoms with E-state index < -0.39 is 0 Å². The molecular formula is C42H24N4. The summed E-state index contributed by atoms with van der Waals surface area (Å²) in [5.41, 5.74) is 5.05. The molecule has 46 heavy (non-hydrogen) atoms. The minimum Gasteiger partial charge on any atom is -0.260 e. The molecule has 0 spiro atoms. The van der Waals surface area contributed by atoms with Crippen LogP contribution in [0.5, 0.6) is 0 Å². The maximum Gasteiger partial charge on any atom is 0.109 e. The van der Waals surface area contributed by atoms with Crippen molar-refractivity contribution in [2.45, 2.75) is 0 Å². The first-order valence-corrected chi connectivity index (χ1v) is 15.5. The van der Waals surface area contributed by atoms with Crippen LogP contribution in [0.25, 0.3) is 98.5 Å². The van der Waals surface area contributed by atoms with Crippen molar-refractivity contribution < 1.29 is 0 Å². The van der Waals surface area contributed by atoms with Gasteiger partial charge < -0.3 is 0 Å². The minimum absolute atomic E-state index is 0.688. The van der Waals surface area contributed by atoms with E-state index >= 15 is 0 Å². The smallest absolute Gasteiger partial charge is 0.109 e. The summed E-state index contributed by atoms with van der Waals surface area (Å²) in [6.45, 7) is 0. The summed E-state index contributed by atoms with van der Waals surface area (Å²) in [7, 11) is 0. The molecule has 0 fully saturated rings. The average Bonchev–Trinajstić information content (AvgIpc) is 3.13. The Labute approximate surface area is 264 Å². The van der Waals surface area contributed by atoms with Crippen LogP contribution in [0.1, 0.15) is 0 Å². The predicted molar refractivity (Wildman–Crippen MR) is 190 cm³/mol. The molecule has 4 nitrogen and oxygen atoms in total. The highest BCUT2D eigenvalue weighted by Crippen LogP contribution is 2.44. The molecule has 0 atom stereocenters. The Hall–Kier alpha value is -6.26. The monoisotopic (exact) mass is 584 g/mol. The van der Waals surface area contributed by atoms with Gasteiger partial charge in [0.2, 0.25) is 0 Å². The van der Waals surface area contributed by atoms with E-state index in [0.717, 1.165) is 22.5 Å². The lowest BCUT2D eigenvalue weighted by molar-refractivity contribution is 1.15. The fourth-order valence-electron chi connectivity index (χ4n) is 7.28. The molecule has 0 amide bonds. The van der Waals surface area contributed by atoms with Crippen molar-refractivity contribution in [1.82, 2.24) is 19.9 Å². The third-order valence-electron chi connectivity index (χ3n) is 9.34. The van der Waals surface area contributed by atoms with Gasteiger partial charge in [0.05, 0.1) is 36.2 Å². The van der Waals surface area contributed by atoms with Crippen LogP contribution < -0.4 is 0 Å². The van der Waals surface area contributed by atoms with Crippen molar-refractivity contribution >= 4 is 64.6 Å². The van der Waals surface area contributed by atoms with E-state index in [1.54, 1.807) is 18.6 Å². The zero-order chi connectivity index (χ0) is 30.2. The lowest BCUT2D eigenvalue weighted by Gasteiger charge is -2.16. The van der Waals surface area contributed by atoms with Crippen LogP contribution in [-0.2, 0) is 0 Å². The van der Waals surface area contributed by atoms with Crippen molar-refractivity contribution in [2.75, 3.05) is 0 Å². The number of rotatable bonds is 3. The first kappa shape index (κ1) is 25.1. The van der Waals surface area contributed by atoms with Crippen molar-refractivity contribution in [3.63, 3.8) is 0 Å². The van der Waals surface area contributed by atoms with Gasteiger partial charge in [-0.05, 0) is 76.8 Å². The molecule has 10 rings (SSSR count). The second kappa shape index (κ2) is 9.62. The number of hydrogen-bond donors (Lipinski definition) is 0. The largest absolute Gasteiger partial charge is 0.260 e. The van der Waals surface area contributed by atoms with Crippen LogP contribution in [0, 0.1) is 0 Å². The highest BCUT2D eigenvalue weighted by molar-refractivity contribution is 6.37. The topological polar surface area (TPSA) is 51.6 Å². The average molecular weight is 585 g/mol. The van der Waals surface area contributed by atoms with Gasteiger partial charge >= 0.3 is 0 Å². The van der Waals surface area contributed by atoms with Gasteiger partial charge in [-0.25, -0.2) is 4.98 Å². The van der Waals surface area contributed by atoms with Gasteiger partial charge in [0, 0.05) is 11.1 Å². The van der Waals surface area contributed by atoms with Crippen LogP contribution in [0.3, 0.4) is 0 Å². The second-order valence-electron chi connectivity index (χ2n) is 11.9. The molecule has 10 aromatic rings. The molecule has 0 aliphatic rings. The highest BCUT2D eigenvalue weighted by Gasteiger charge is 2.17. The fraction of sp³-hybridized carbons (Fsp3) is 0. The molecule has 0 saturated carbocycles. The van der Waals surface area contributed by atoms with E-state index in [4.69, 9.17) is 15.0 Å². The van der Waals surface area contributed by atoms with E-state index in [1.807, 2.05) is 36.5 Å². The van der Waals surface area contributed by atoms with Crippen LogP contribution in [0.15, 0.2) is 146 Å². The van der Waals surface area contributed by atoms with Gasteiger partial charge in [0.15, 0.2) is 0 Å². The van der Waals surface area contributed by atoms with Gasteiger partial charge in [-0.3, -0.25) is 15.0 Å². The van der Waals surface area contributed by atoms with Gasteiger partial charge in [-0.15, -0.1) is 0 Å². The van der Waals surface area contributed by atoms with E-state index in [9.17, 15) is 0 Å². The van der Waals surface area contributed by atoms with Crippen molar-refractivity contribution in [1.29, 1.82) is 0 Å².